The van der Waals surface area contributed by atoms with Gasteiger partial charge in [0, 0.05) is 36.9 Å². The van der Waals surface area contributed by atoms with Gasteiger partial charge in [-0.1, -0.05) is 36.4 Å². The normalized spacial score (nSPS) is 17.1. The van der Waals surface area contributed by atoms with E-state index >= 15 is 0 Å². The Morgan fingerprint density at radius 2 is 1.91 bits per heavy atom. The Kier molecular flexibility index (Phi) is 7.64. The van der Waals surface area contributed by atoms with Crippen LogP contribution in [0.3, 0.4) is 0 Å². The van der Waals surface area contributed by atoms with Crippen molar-refractivity contribution in [3.8, 4) is 22.9 Å². The molecule has 1 atom stereocenters. The molecule has 2 aromatic carbocycles. The predicted molar refractivity (Wildman–Crippen MR) is 131 cm³/mol. The molecule has 35 heavy (non-hydrogen) atoms. The van der Waals surface area contributed by atoms with E-state index < -0.39 is 5.54 Å². The van der Waals surface area contributed by atoms with Gasteiger partial charge in [0.1, 0.15) is 5.82 Å². The van der Waals surface area contributed by atoms with Crippen molar-refractivity contribution in [2.45, 2.75) is 44.1 Å². The summed E-state index contributed by atoms with van der Waals surface area (Å²) in [5.74, 6) is 2.62. The standard InChI is InChI=1S/C26H31N5O4/c1-34-20-9-8-18(16-21(20)35-2)17-26(14-11-24(33)29-26)13-10-23(32)27-15-12-22-28-25(31-30-22)19-6-4-3-5-7-19/h3-9,16H,10-15,17H2,1-2H3,(H,27,32)(H,29,33)(H,28,30,31)/t26-/m1/s1. The van der Waals surface area contributed by atoms with Crippen molar-refractivity contribution in [3.05, 3.63) is 59.9 Å². The first-order chi connectivity index (χ1) is 17.0. The molecule has 9 heteroatoms. The minimum atomic E-state index is -0.455. The van der Waals surface area contributed by atoms with Gasteiger partial charge in [-0.15, -0.1) is 0 Å². The summed E-state index contributed by atoms with van der Waals surface area (Å²) in [6.07, 6.45) is 3.20. The van der Waals surface area contributed by atoms with Crippen molar-refractivity contribution in [3.63, 3.8) is 0 Å². The Balaban J connectivity index is 1.30. The molecule has 1 fully saturated rings. The predicted octanol–water partition coefficient (Wildman–Crippen LogP) is 2.82. The highest BCUT2D eigenvalue weighted by atomic mass is 16.5. The van der Waals surface area contributed by atoms with E-state index in [4.69, 9.17) is 9.47 Å². The Morgan fingerprint density at radius 3 is 2.63 bits per heavy atom. The summed E-state index contributed by atoms with van der Waals surface area (Å²) in [4.78, 5) is 29.1. The van der Waals surface area contributed by atoms with Gasteiger partial charge < -0.3 is 20.1 Å². The van der Waals surface area contributed by atoms with Gasteiger partial charge in [-0.25, -0.2) is 4.98 Å². The number of H-pyrrole nitrogens is 1. The second-order valence-electron chi connectivity index (χ2n) is 8.77. The average Bonchev–Trinajstić information content (AvgIpc) is 3.50. The van der Waals surface area contributed by atoms with Gasteiger partial charge in [0.25, 0.3) is 0 Å². The molecule has 184 valence electrons. The van der Waals surface area contributed by atoms with Gasteiger partial charge in [0.2, 0.25) is 11.8 Å². The third kappa shape index (κ3) is 6.17. The van der Waals surface area contributed by atoms with E-state index in [9.17, 15) is 9.59 Å². The highest BCUT2D eigenvalue weighted by Gasteiger charge is 2.38. The van der Waals surface area contributed by atoms with Crippen LogP contribution in [0.1, 0.15) is 37.1 Å². The van der Waals surface area contributed by atoms with Gasteiger partial charge in [-0.3, -0.25) is 14.7 Å². The van der Waals surface area contributed by atoms with Crippen LogP contribution in [0.2, 0.25) is 0 Å². The maximum atomic E-state index is 12.6. The fourth-order valence-electron chi connectivity index (χ4n) is 4.45. The summed E-state index contributed by atoms with van der Waals surface area (Å²) in [7, 11) is 3.19. The van der Waals surface area contributed by atoms with Crippen molar-refractivity contribution in [2.75, 3.05) is 20.8 Å². The van der Waals surface area contributed by atoms with Crippen LogP contribution in [0.15, 0.2) is 48.5 Å². The third-order valence-electron chi connectivity index (χ3n) is 6.30. The van der Waals surface area contributed by atoms with E-state index in [1.807, 2.05) is 48.5 Å². The molecule has 1 aliphatic heterocycles. The summed E-state index contributed by atoms with van der Waals surface area (Å²) in [6, 6.07) is 15.5. The van der Waals surface area contributed by atoms with Crippen molar-refractivity contribution in [1.29, 1.82) is 0 Å². The minimum Gasteiger partial charge on any atom is -0.493 e. The number of rotatable bonds is 11. The largest absolute Gasteiger partial charge is 0.493 e. The molecule has 1 aliphatic rings. The first-order valence-electron chi connectivity index (χ1n) is 11.8. The second-order valence-corrected chi connectivity index (χ2v) is 8.77. The number of carbonyl (C=O) groups is 2. The van der Waals surface area contributed by atoms with Crippen molar-refractivity contribution in [1.82, 2.24) is 25.8 Å². The van der Waals surface area contributed by atoms with Crippen LogP contribution in [-0.2, 0) is 22.4 Å². The molecule has 2 amide bonds. The molecule has 0 spiro atoms. The molecular weight excluding hydrogens is 446 g/mol. The highest BCUT2D eigenvalue weighted by molar-refractivity contribution is 5.80. The van der Waals surface area contributed by atoms with Crippen LogP contribution >= 0.6 is 0 Å². The van der Waals surface area contributed by atoms with Gasteiger partial charge in [-0.2, -0.15) is 5.10 Å². The number of hydrogen-bond donors (Lipinski definition) is 3. The van der Waals surface area contributed by atoms with E-state index in [2.05, 4.69) is 25.8 Å². The molecule has 0 radical (unpaired) electrons. The van der Waals surface area contributed by atoms with Gasteiger partial charge in [0.15, 0.2) is 17.3 Å². The Morgan fingerprint density at radius 1 is 1.11 bits per heavy atom. The highest BCUT2D eigenvalue weighted by Crippen LogP contribution is 2.33. The molecule has 4 rings (SSSR count). The molecule has 1 aromatic heterocycles. The molecule has 1 saturated heterocycles. The number of nitrogens with zero attached hydrogens (tertiary/aromatic N) is 2. The zero-order valence-corrected chi connectivity index (χ0v) is 20.1. The number of carbonyl (C=O) groups excluding carboxylic acids is 2. The van der Waals surface area contributed by atoms with Crippen LogP contribution in [-0.4, -0.2) is 53.3 Å². The number of aromatic nitrogens is 3. The summed E-state index contributed by atoms with van der Waals surface area (Å²) in [6.45, 7) is 0.456. The molecule has 0 aliphatic carbocycles. The van der Waals surface area contributed by atoms with Crippen LogP contribution in [0, 0.1) is 0 Å². The molecule has 0 unspecified atom stereocenters. The number of ether oxygens (including phenoxy) is 2. The topological polar surface area (TPSA) is 118 Å². The lowest BCUT2D eigenvalue weighted by atomic mass is 9.85. The second kappa shape index (κ2) is 11.0. The SMILES string of the molecule is COc1ccc(C[C@@]2(CCC(=O)NCCc3nc(-c4ccccc4)n[nH]3)CCC(=O)N2)cc1OC. The Bertz CT molecular complexity index is 1160. The van der Waals surface area contributed by atoms with E-state index in [0.29, 0.717) is 62.4 Å². The molecule has 2 heterocycles. The Labute approximate surface area is 204 Å². The number of nitrogens with one attached hydrogen (secondary N) is 3. The summed E-state index contributed by atoms with van der Waals surface area (Å²) in [5, 5.41) is 13.3. The average molecular weight is 478 g/mol. The molecule has 9 nitrogen and oxygen atoms in total. The van der Waals surface area contributed by atoms with Gasteiger partial charge in [0.05, 0.1) is 14.2 Å². The molecular formula is C26H31N5O4. The summed E-state index contributed by atoms with van der Waals surface area (Å²) < 4.78 is 10.7. The zero-order chi connectivity index (χ0) is 24.7. The third-order valence-corrected chi connectivity index (χ3v) is 6.30. The monoisotopic (exact) mass is 477 g/mol. The smallest absolute Gasteiger partial charge is 0.220 e. The van der Waals surface area contributed by atoms with E-state index in [0.717, 1.165) is 17.0 Å². The maximum absolute atomic E-state index is 12.6. The van der Waals surface area contributed by atoms with Gasteiger partial charge in [-0.05, 0) is 37.0 Å². The molecule has 3 aromatic rings. The number of benzene rings is 2. The summed E-state index contributed by atoms with van der Waals surface area (Å²) >= 11 is 0. The quantitative estimate of drug-likeness (QED) is 0.391. The first kappa shape index (κ1) is 24.3. The van der Waals surface area contributed by atoms with Crippen LogP contribution in [0.25, 0.3) is 11.4 Å². The molecule has 0 saturated carbocycles. The summed E-state index contributed by atoms with van der Waals surface area (Å²) in [5.41, 5.74) is 1.51. The van der Waals surface area contributed by atoms with Crippen LogP contribution in [0.4, 0.5) is 0 Å². The van der Waals surface area contributed by atoms with Crippen molar-refractivity contribution >= 4 is 11.8 Å². The number of hydrogen-bond acceptors (Lipinski definition) is 6. The lowest BCUT2D eigenvalue weighted by Crippen LogP contribution is -2.44. The van der Waals surface area contributed by atoms with Crippen molar-refractivity contribution in [2.24, 2.45) is 0 Å². The molecule has 3 N–H and O–H groups in total. The maximum Gasteiger partial charge on any atom is 0.220 e. The number of aromatic amines is 1. The van der Waals surface area contributed by atoms with Crippen molar-refractivity contribution < 1.29 is 19.1 Å². The number of amides is 2. The lowest BCUT2D eigenvalue weighted by Gasteiger charge is -2.29. The van der Waals surface area contributed by atoms with Crippen LogP contribution in [0.5, 0.6) is 11.5 Å². The van der Waals surface area contributed by atoms with E-state index in [1.54, 1.807) is 14.2 Å². The van der Waals surface area contributed by atoms with E-state index in [1.165, 1.54) is 0 Å². The molecule has 0 bridgehead atoms. The van der Waals surface area contributed by atoms with E-state index in [-0.39, 0.29) is 11.8 Å². The first-order valence-corrected chi connectivity index (χ1v) is 11.8. The van der Waals surface area contributed by atoms with Gasteiger partial charge >= 0.3 is 0 Å². The zero-order valence-electron chi connectivity index (χ0n) is 20.1. The minimum absolute atomic E-state index is 0.0189. The lowest BCUT2D eigenvalue weighted by molar-refractivity contribution is -0.122. The Hall–Kier alpha value is -3.88. The van der Waals surface area contributed by atoms with Crippen LogP contribution < -0.4 is 20.1 Å². The fourth-order valence-corrected chi connectivity index (χ4v) is 4.45. The number of methoxy groups -OCH3 is 2. The fraction of sp³-hybridized carbons (Fsp3) is 0.385.